The molecule has 142 valence electrons. The van der Waals surface area contributed by atoms with E-state index < -0.39 is 0 Å². The smallest absolute Gasteiger partial charge is 0.191 e. The molecule has 0 saturated heterocycles. The maximum absolute atomic E-state index is 5.27. The molecule has 1 heterocycles. The molecular weight excluding hydrogens is 326 g/mol. The van der Waals surface area contributed by atoms with E-state index in [4.69, 9.17) is 9.73 Å². The van der Waals surface area contributed by atoms with Crippen molar-refractivity contribution in [1.29, 1.82) is 0 Å². The van der Waals surface area contributed by atoms with Gasteiger partial charge in [0, 0.05) is 31.4 Å². The standard InChI is InChI=1S/C20H31N5O/c1-6-21-20(23-14-19-15(2)24-25(4)16(19)3)22-12-8-10-17-9-7-11-18(13-17)26-5/h7,9,11,13H,6,8,10,12,14H2,1-5H3,(H2,21,22,23). The van der Waals surface area contributed by atoms with E-state index in [1.165, 1.54) is 16.8 Å². The summed E-state index contributed by atoms with van der Waals surface area (Å²) in [5.74, 6) is 1.76. The molecule has 2 N–H and O–H groups in total. The third kappa shape index (κ3) is 5.51. The number of nitrogens with zero attached hydrogens (tertiary/aromatic N) is 3. The van der Waals surface area contributed by atoms with Crippen LogP contribution in [0.25, 0.3) is 0 Å². The van der Waals surface area contributed by atoms with Crippen LogP contribution in [0.3, 0.4) is 0 Å². The fourth-order valence-electron chi connectivity index (χ4n) is 2.87. The quantitative estimate of drug-likeness (QED) is 0.433. The fourth-order valence-corrected chi connectivity index (χ4v) is 2.87. The molecule has 0 unspecified atom stereocenters. The highest BCUT2D eigenvalue weighted by Gasteiger charge is 2.08. The first-order chi connectivity index (χ1) is 12.5. The highest BCUT2D eigenvalue weighted by molar-refractivity contribution is 5.79. The number of ether oxygens (including phenoxy) is 1. The summed E-state index contributed by atoms with van der Waals surface area (Å²) in [4.78, 5) is 4.71. The minimum atomic E-state index is 0.636. The molecule has 0 atom stereocenters. The lowest BCUT2D eigenvalue weighted by molar-refractivity contribution is 0.414. The van der Waals surface area contributed by atoms with Gasteiger partial charge in [-0.2, -0.15) is 5.10 Å². The Kier molecular flexibility index (Phi) is 7.51. The van der Waals surface area contributed by atoms with E-state index in [0.29, 0.717) is 6.54 Å². The second-order valence-electron chi connectivity index (χ2n) is 6.35. The van der Waals surface area contributed by atoms with Crippen LogP contribution < -0.4 is 15.4 Å². The van der Waals surface area contributed by atoms with E-state index in [1.807, 2.05) is 30.8 Å². The van der Waals surface area contributed by atoms with Crippen molar-refractivity contribution >= 4 is 5.96 Å². The number of rotatable bonds is 8. The summed E-state index contributed by atoms with van der Waals surface area (Å²) < 4.78 is 7.19. The molecule has 26 heavy (non-hydrogen) atoms. The van der Waals surface area contributed by atoms with Gasteiger partial charge in [0.05, 0.1) is 19.3 Å². The molecule has 0 amide bonds. The number of guanidine groups is 1. The Morgan fingerprint density at radius 1 is 1.27 bits per heavy atom. The summed E-state index contributed by atoms with van der Waals surface area (Å²) in [6.07, 6.45) is 2.03. The van der Waals surface area contributed by atoms with Crippen molar-refractivity contribution in [2.24, 2.45) is 12.0 Å². The number of benzene rings is 1. The second-order valence-corrected chi connectivity index (χ2v) is 6.35. The maximum Gasteiger partial charge on any atom is 0.191 e. The number of aryl methyl sites for hydroxylation is 3. The van der Waals surface area contributed by atoms with Crippen molar-refractivity contribution in [3.8, 4) is 5.75 Å². The Hall–Kier alpha value is -2.50. The molecule has 2 rings (SSSR count). The minimum Gasteiger partial charge on any atom is -0.497 e. The molecule has 0 fully saturated rings. The maximum atomic E-state index is 5.27. The summed E-state index contributed by atoms with van der Waals surface area (Å²) in [7, 11) is 3.67. The second kappa shape index (κ2) is 9.85. The summed E-state index contributed by atoms with van der Waals surface area (Å²) in [6, 6.07) is 8.23. The number of hydrogen-bond acceptors (Lipinski definition) is 3. The van der Waals surface area contributed by atoms with Crippen LogP contribution in [0.4, 0.5) is 0 Å². The normalized spacial score (nSPS) is 11.5. The van der Waals surface area contributed by atoms with E-state index in [2.05, 4.69) is 41.7 Å². The van der Waals surface area contributed by atoms with Crippen molar-refractivity contribution in [3.63, 3.8) is 0 Å². The Labute approximate surface area is 156 Å². The number of aromatic nitrogens is 2. The largest absolute Gasteiger partial charge is 0.497 e. The van der Waals surface area contributed by atoms with Gasteiger partial charge in [0.25, 0.3) is 0 Å². The van der Waals surface area contributed by atoms with Gasteiger partial charge in [-0.05, 0) is 51.3 Å². The molecule has 0 saturated carbocycles. The van der Waals surface area contributed by atoms with Gasteiger partial charge in [-0.15, -0.1) is 0 Å². The molecule has 1 aromatic heterocycles. The summed E-state index contributed by atoms with van der Waals surface area (Å²) in [5, 5.41) is 11.2. The monoisotopic (exact) mass is 357 g/mol. The van der Waals surface area contributed by atoms with Gasteiger partial charge in [-0.25, -0.2) is 4.99 Å². The average molecular weight is 358 g/mol. The number of nitrogens with one attached hydrogen (secondary N) is 2. The SMILES string of the molecule is CCNC(=NCc1c(C)nn(C)c1C)NCCCc1cccc(OC)c1. The molecule has 0 aliphatic rings. The fraction of sp³-hybridized carbons (Fsp3) is 0.500. The molecule has 0 radical (unpaired) electrons. The van der Waals surface area contributed by atoms with Crippen molar-refractivity contribution in [3.05, 3.63) is 46.8 Å². The number of hydrogen-bond donors (Lipinski definition) is 2. The molecule has 6 nitrogen and oxygen atoms in total. The van der Waals surface area contributed by atoms with Gasteiger partial charge in [0.1, 0.15) is 5.75 Å². The van der Waals surface area contributed by atoms with E-state index in [9.17, 15) is 0 Å². The van der Waals surface area contributed by atoms with Gasteiger partial charge in [-0.1, -0.05) is 12.1 Å². The van der Waals surface area contributed by atoms with E-state index in [0.717, 1.165) is 43.3 Å². The molecule has 0 aliphatic carbocycles. The Morgan fingerprint density at radius 2 is 2.08 bits per heavy atom. The van der Waals surface area contributed by atoms with Crippen LogP contribution in [-0.2, 0) is 20.0 Å². The average Bonchev–Trinajstić information content (AvgIpc) is 2.88. The summed E-state index contributed by atoms with van der Waals surface area (Å²) in [5.41, 5.74) is 4.69. The Bertz CT molecular complexity index is 736. The topological polar surface area (TPSA) is 63.5 Å². The van der Waals surface area contributed by atoms with Gasteiger partial charge in [0.15, 0.2) is 5.96 Å². The van der Waals surface area contributed by atoms with Crippen LogP contribution in [0.15, 0.2) is 29.3 Å². The third-order valence-corrected chi connectivity index (χ3v) is 4.47. The van der Waals surface area contributed by atoms with Crippen molar-refractivity contribution in [2.45, 2.75) is 40.2 Å². The predicted octanol–water partition coefficient (Wildman–Crippen LogP) is 2.73. The molecule has 6 heteroatoms. The molecular formula is C20H31N5O. The summed E-state index contributed by atoms with van der Waals surface area (Å²) >= 11 is 0. The van der Waals surface area contributed by atoms with E-state index in [1.54, 1.807) is 7.11 Å². The third-order valence-electron chi connectivity index (χ3n) is 4.47. The molecule has 1 aromatic carbocycles. The van der Waals surface area contributed by atoms with Crippen molar-refractivity contribution in [1.82, 2.24) is 20.4 Å². The highest BCUT2D eigenvalue weighted by atomic mass is 16.5. The molecule has 2 aromatic rings. The van der Waals surface area contributed by atoms with Gasteiger partial charge < -0.3 is 15.4 Å². The first kappa shape index (κ1) is 19.8. The van der Waals surface area contributed by atoms with E-state index in [-0.39, 0.29) is 0 Å². The van der Waals surface area contributed by atoms with Gasteiger partial charge in [-0.3, -0.25) is 4.68 Å². The Morgan fingerprint density at radius 3 is 2.73 bits per heavy atom. The van der Waals surface area contributed by atoms with Gasteiger partial charge in [0.2, 0.25) is 0 Å². The van der Waals surface area contributed by atoms with Crippen LogP contribution in [0.5, 0.6) is 5.75 Å². The lowest BCUT2D eigenvalue weighted by Gasteiger charge is -2.11. The van der Waals surface area contributed by atoms with Gasteiger partial charge >= 0.3 is 0 Å². The molecule has 0 spiro atoms. The zero-order valence-electron chi connectivity index (χ0n) is 16.6. The van der Waals surface area contributed by atoms with E-state index >= 15 is 0 Å². The highest BCUT2D eigenvalue weighted by Crippen LogP contribution is 2.14. The van der Waals surface area contributed by atoms with Crippen LogP contribution in [0, 0.1) is 13.8 Å². The zero-order valence-corrected chi connectivity index (χ0v) is 16.6. The zero-order chi connectivity index (χ0) is 18.9. The number of aliphatic imine (C=N–C) groups is 1. The number of methoxy groups -OCH3 is 1. The first-order valence-electron chi connectivity index (χ1n) is 9.19. The Balaban J connectivity index is 1.87. The van der Waals surface area contributed by atoms with Crippen LogP contribution in [0.2, 0.25) is 0 Å². The van der Waals surface area contributed by atoms with Crippen LogP contribution in [0.1, 0.15) is 35.9 Å². The lowest BCUT2D eigenvalue weighted by atomic mass is 10.1. The molecule has 0 aliphatic heterocycles. The summed E-state index contributed by atoms with van der Waals surface area (Å²) in [6.45, 7) is 8.54. The van der Waals surface area contributed by atoms with Crippen molar-refractivity contribution in [2.75, 3.05) is 20.2 Å². The minimum absolute atomic E-state index is 0.636. The van der Waals surface area contributed by atoms with Crippen LogP contribution >= 0.6 is 0 Å². The van der Waals surface area contributed by atoms with Crippen LogP contribution in [-0.4, -0.2) is 35.9 Å². The predicted molar refractivity (Wildman–Crippen MR) is 107 cm³/mol. The first-order valence-corrected chi connectivity index (χ1v) is 9.19. The van der Waals surface area contributed by atoms with Crippen molar-refractivity contribution < 1.29 is 4.74 Å². The lowest BCUT2D eigenvalue weighted by Crippen LogP contribution is -2.37. The molecule has 0 bridgehead atoms.